The Balaban J connectivity index is 2.06. The van der Waals surface area contributed by atoms with Crippen LogP contribution in [-0.4, -0.2) is 42.6 Å². The van der Waals surface area contributed by atoms with Crippen LogP contribution >= 0.6 is 0 Å². The number of ether oxygens (including phenoxy) is 1. The number of piperidine rings is 1. The summed E-state index contributed by atoms with van der Waals surface area (Å²) in [5.74, 6) is 0.866. The number of rotatable bonds is 3. The van der Waals surface area contributed by atoms with E-state index in [9.17, 15) is 4.79 Å². The maximum absolute atomic E-state index is 12.7. The van der Waals surface area contributed by atoms with Crippen LogP contribution in [0.5, 0.6) is 0 Å². The van der Waals surface area contributed by atoms with Crippen molar-refractivity contribution < 1.29 is 9.53 Å². The number of nitrogens with two attached hydrogens (primary N) is 1. The second kappa shape index (κ2) is 6.02. The summed E-state index contributed by atoms with van der Waals surface area (Å²) in [7, 11) is 0. The van der Waals surface area contributed by atoms with E-state index in [-0.39, 0.29) is 24.0 Å². The Morgan fingerprint density at radius 1 is 1.44 bits per heavy atom. The van der Waals surface area contributed by atoms with Gasteiger partial charge in [-0.2, -0.15) is 0 Å². The highest BCUT2D eigenvalue weighted by atomic mass is 16.5. The largest absolute Gasteiger partial charge is 0.377 e. The van der Waals surface area contributed by atoms with Gasteiger partial charge in [-0.1, -0.05) is 13.8 Å². The molecule has 0 aromatic carbocycles. The van der Waals surface area contributed by atoms with Crippen LogP contribution in [0.4, 0.5) is 0 Å². The number of carbonyl (C=O) groups excluding carboxylic acids is 1. The van der Waals surface area contributed by atoms with E-state index < -0.39 is 0 Å². The maximum atomic E-state index is 12.7. The van der Waals surface area contributed by atoms with Gasteiger partial charge in [0.25, 0.3) is 0 Å². The first-order valence-electron chi connectivity index (χ1n) is 7.31. The Morgan fingerprint density at radius 3 is 2.89 bits per heavy atom. The fourth-order valence-electron chi connectivity index (χ4n) is 3.43. The minimum absolute atomic E-state index is 0.0642. The average Bonchev–Trinajstić information content (AvgIpc) is 2.85. The molecular weight excluding hydrogens is 228 g/mol. The van der Waals surface area contributed by atoms with Crippen molar-refractivity contribution in [3.8, 4) is 0 Å². The van der Waals surface area contributed by atoms with Crippen molar-refractivity contribution in [1.29, 1.82) is 0 Å². The molecule has 2 aliphatic heterocycles. The third-order valence-electron chi connectivity index (χ3n) is 4.57. The molecule has 2 aliphatic rings. The van der Waals surface area contributed by atoms with E-state index in [1.807, 2.05) is 4.90 Å². The van der Waals surface area contributed by atoms with Crippen LogP contribution in [0.3, 0.4) is 0 Å². The Bertz CT molecular complexity index is 296. The van der Waals surface area contributed by atoms with Gasteiger partial charge in [0.05, 0.1) is 12.0 Å². The van der Waals surface area contributed by atoms with Gasteiger partial charge in [0.15, 0.2) is 0 Å². The van der Waals surface area contributed by atoms with Crippen LogP contribution in [0, 0.1) is 11.8 Å². The van der Waals surface area contributed by atoms with Gasteiger partial charge in [-0.25, -0.2) is 0 Å². The predicted octanol–water partition coefficient (Wildman–Crippen LogP) is 1.39. The lowest BCUT2D eigenvalue weighted by Crippen LogP contribution is -2.53. The van der Waals surface area contributed by atoms with Crippen LogP contribution in [0.2, 0.25) is 0 Å². The number of hydrogen-bond acceptors (Lipinski definition) is 3. The number of nitrogens with zero attached hydrogens (tertiary/aromatic N) is 1. The zero-order chi connectivity index (χ0) is 13.1. The third kappa shape index (κ3) is 2.54. The van der Waals surface area contributed by atoms with E-state index in [4.69, 9.17) is 10.5 Å². The molecule has 0 spiro atoms. The van der Waals surface area contributed by atoms with E-state index in [0.717, 1.165) is 32.4 Å². The van der Waals surface area contributed by atoms with Crippen molar-refractivity contribution in [2.75, 3.05) is 19.7 Å². The molecule has 0 radical (unpaired) electrons. The molecule has 104 valence electrons. The predicted molar refractivity (Wildman–Crippen MR) is 71.1 cm³/mol. The van der Waals surface area contributed by atoms with Gasteiger partial charge in [-0.15, -0.1) is 0 Å². The summed E-state index contributed by atoms with van der Waals surface area (Å²) in [6.07, 6.45) is 4.21. The maximum Gasteiger partial charge on any atom is 0.228 e. The first-order valence-corrected chi connectivity index (χ1v) is 7.31. The van der Waals surface area contributed by atoms with Crippen molar-refractivity contribution in [2.45, 2.75) is 51.7 Å². The normalized spacial score (nSPS) is 36.9. The first kappa shape index (κ1) is 13.8. The molecule has 0 saturated carbocycles. The summed E-state index contributed by atoms with van der Waals surface area (Å²) >= 11 is 0. The van der Waals surface area contributed by atoms with E-state index in [1.54, 1.807) is 0 Å². The van der Waals surface area contributed by atoms with Gasteiger partial charge in [0, 0.05) is 25.7 Å². The Labute approximate surface area is 110 Å². The molecule has 2 rings (SSSR count). The molecule has 2 saturated heterocycles. The van der Waals surface area contributed by atoms with Crippen molar-refractivity contribution >= 4 is 5.91 Å². The Hall–Kier alpha value is -0.610. The number of carbonyl (C=O) groups is 1. The second-order valence-corrected chi connectivity index (χ2v) is 5.67. The topological polar surface area (TPSA) is 55.6 Å². The van der Waals surface area contributed by atoms with E-state index in [0.29, 0.717) is 12.5 Å². The lowest BCUT2D eigenvalue weighted by molar-refractivity contribution is -0.142. The van der Waals surface area contributed by atoms with Gasteiger partial charge in [-0.3, -0.25) is 4.79 Å². The fourth-order valence-corrected chi connectivity index (χ4v) is 3.43. The highest BCUT2D eigenvalue weighted by Gasteiger charge is 2.39. The summed E-state index contributed by atoms with van der Waals surface area (Å²) in [4.78, 5) is 14.7. The lowest BCUT2D eigenvalue weighted by Gasteiger charge is -2.41. The molecular formula is C14H26N2O2. The molecule has 18 heavy (non-hydrogen) atoms. The highest BCUT2D eigenvalue weighted by Crippen LogP contribution is 2.30. The van der Waals surface area contributed by atoms with Crippen molar-refractivity contribution in [1.82, 2.24) is 4.90 Å². The smallest absolute Gasteiger partial charge is 0.228 e. The van der Waals surface area contributed by atoms with E-state index in [2.05, 4.69) is 13.8 Å². The SMILES string of the molecule is CCC1OCCC1C(=O)N1CCCC(C)C1CN. The standard InChI is InChI=1S/C14H26N2O2/c1-3-13-11(6-8-18-13)14(17)16-7-4-5-10(2)12(16)9-15/h10-13H,3-9,15H2,1-2H3. The van der Waals surface area contributed by atoms with Gasteiger partial charge in [0.1, 0.15) is 0 Å². The number of amides is 1. The third-order valence-corrected chi connectivity index (χ3v) is 4.57. The summed E-state index contributed by atoms with van der Waals surface area (Å²) in [5.41, 5.74) is 5.86. The Morgan fingerprint density at radius 2 is 2.22 bits per heavy atom. The van der Waals surface area contributed by atoms with Crippen molar-refractivity contribution in [3.63, 3.8) is 0 Å². The van der Waals surface area contributed by atoms with Crippen LogP contribution in [-0.2, 0) is 9.53 Å². The van der Waals surface area contributed by atoms with Crippen molar-refractivity contribution in [3.05, 3.63) is 0 Å². The van der Waals surface area contributed by atoms with Crippen LogP contribution in [0.25, 0.3) is 0 Å². The molecule has 4 heteroatoms. The highest BCUT2D eigenvalue weighted by molar-refractivity contribution is 5.80. The molecule has 0 aromatic rings. The fraction of sp³-hybridized carbons (Fsp3) is 0.929. The minimum Gasteiger partial charge on any atom is -0.377 e. The lowest BCUT2D eigenvalue weighted by atomic mass is 9.88. The number of hydrogen-bond donors (Lipinski definition) is 1. The van der Waals surface area contributed by atoms with E-state index >= 15 is 0 Å². The monoisotopic (exact) mass is 254 g/mol. The zero-order valence-corrected chi connectivity index (χ0v) is 11.6. The molecule has 2 N–H and O–H groups in total. The molecule has 4 unspecified atom stereocenters. The average molecular weight is 254 g/mol. The van der Waals surface area contributed by atoms with Crippen LogP contribution in [0.15, 0.2) is 0 Å². The Kier molecular flexibility index (Phi) is 4.62. The molecule has 4 nitrogen and oxygen atoms in total. The summed E-state index contributed by atoms with van der Waals surface area (Å²) in [5, 5.41) is 0. The summed E-state index contributed by atoms with van der Waals surface area (Å²) in [6.45, 7) is 6.48. The molecule has 1 amide bonds. The van der Waals surface area contributed by atoms with Gasteiger partial charge < -0.3 is 15.4 Å². The molecule has 0 bridgehead atoms. The van der Waals surface area contributed by atoms with Crippen LogP contribution < -0.4 is 5.73 Å². The first-order chi connectivity index (χ1) is 8.69. The molecule has 4 atom stereocenters. The molecule has 0 aromatic heterocycles. The summed E-state index contributed by atoms with van der Waals surface area (Å²) < 4.78 is 5.64. The second-order valence-electron chi connectivity index (χ2n) is 5.67. The number of likely N-dealkylation sites (tertiary alicyclic amines) is 1. The van der Waals surface area contributed by atoms with Crippen molar-refractivity contribution in [2.24, 2.45) is 17.6 Å². The summed E-state index contributed by atoms with van der Waals surface area (Å²) in [6, 6.07) is 0.226. The van der Waals surface area contributed by atoms with Gasteiger partial charge >= 0.3 is 0 Å². The van der Waals surface area contributed by atoms with Gasteiger partial charge in [-0.05, 0) is 31.6 Å². The molecule has 2 fully saturated rings. The zero-order valence-electron chi connectivity index (χ0n) is 11.6. The molecule has 2 heterocycles. The minimum atomic E-state index is 0.0642. The molecule has 0 aliphatic carbocycles. The van der Waals surface area contributed by atoms with E-state index in [1.165, 1.54) is 6.42 Å². The van der Waals surface area contributed by atoms with Crippen LogP contribution in [0.1, 0.15) is 39.5 Å². The quantitative estimate of drug-likeness (QED) is 0.828. The van der Waals surface area contributed by atoms with Gasteiger partial charge in [0.2, 0.25) is 5.91 Å².